The molecule has 2 aromatic rings. The smallest absolute Gasteiger partial charge is 0.228 e. The maximum absolute atomic E-state index is 13.4. The highest BCUT2D eigenvalue weighted by molar-refractivity contribution is 6.31. The van der Waals surface area contributed by atoms with Gasteiger partial charge in [0.25, 0.3) is 0 Å². The molecule has 2 amide bonds. The summed E-state index contributed by atoms with van der Waals surface area (Å²) < 4.78 is 13.4. The number of rotatable bonds is 4. The number of hydrogen-bond acceptors (Lipinski definition) is 3. The van der Waals surface area contributed by atoms with Crippen LogP contribution in [0.25, 0.3) is 0 Å². The lowest BCUT2D eigenvalue weighted by Gasteiger charge is -2.36. The average Bonchev–Trinajstić information content (AvgIpc) is 3.12. The third-order valence-electron chi connectivity index (χ3n) is 5.62. The fourth-order valence-corrected chi connectivity index (χ4v) is 4.18. The molecule has 2 aliphatic heterocycles. The fourth-order valence-electron chi connectivity index (χ4n) is 4.00. The summed E-state index contributed by atoms with van der Waals surface area (Å²) in [6.07, 6.45) is 0.179. The SMILES string of the molecule is O=C([C@@H]1CC(=O)N(c2ccc(F)c(Cl)c2)C1)N1CCN(Cc2ccccc2)CC1. The van der Waals surface area contributed by atoms with E-state index in [4.69, 9.17) is 11.6 Å². The largest absolute Gasteiger partial charge is 0.340 e. The number of amides is 2. The molecule has 0 bridgehead atoms. The molecule has 2 fully saturated rings. The number of carbonyl (C=O) groups excluding carboxylic acids is 2. The number of halogens is 2. The molecule has 152 valence electrons. The Morgan fingerprint density at radius 1 is 1.07 bits per heavy atom. The van der Waals surface area contributed by atoms with Crippen molar-refractivity contribution in [1.82, 2.24) is 9.80 Å². The molecule has 0 aliphatic carbocycles. The zero-order valence-electron chi connectivity index (χ0n) is 16.1. The zero-order chi connectivity index (χ0) is 20.4. The molecule has 2 heterocycles. The zero-order valence-corrected chi connectivity index (χ0v) is 16.8. The Hall–Kier alpha value is -2.44. The highest BCUT2D eigenvalue weighted by Crippen LogP contribution is 2.29. The first-order valence-corrected chi connectivity index (χ1v) is 10.2. The number of piperazine rings is 1. The third kappa shape index (κ3) is 4.43. The summed E-state index contributed by atoms with van der Waals surface area (Å²) in [6.45, 7) is 4.16. The van der Waals surface area contributed by atoms with Crippen molar-refractivity contribution in [3.8, 4) is 0 Å². The Labute approximate surface area is 174 Å². The van der Waals surface area contributed by atoms with Gasteiger partial charge in [-0.25, -0.2) is 4.39 Å². The minimum absolute atomic E-state index is 0.0217. The summed E-state index contributed by atoms with van der Waals surface area (Å²) in [5.74, 6) is -1.00. The summed E-state index contributed by atoms with van der Waals surface area (Å²) in [5.41, 5.74) is 1.80. The van der Waals surface area contributed by atoms with Gasteiger partial charge < -0.3 is 9.80 Å². The number of anilines is 1. The topological polar surface area (TPSA) is 43.9 Å². The van der Waals surface area contributed by atoms with E-state index in [1.807, 2.05) is 23.1 Å². The van der Waals surface area contributed by atoms with Crippen LogP contribution < -0.4 is 4.90 Å². The van der Waals surface area contributed by atoms with Crippen LogP contribution in [0, 0.1) is 11.7 Å². The molecule has 0 radical (unpaired) electrons. The molecule has 0 spiro atoms. The van der Waals surface area contributed by atoms with E-state index >= 15 is 0 Å². The normalized spacial score (nSPS) is 20.3. The molecule has 0 aromatic heterocycles. The molecule has 0 N–H and O–H groups in total. The minimum atomic E-state index is -0.525. The van der Waals surface area contributed by atoms with Crippen LogP contribution in [0.15, 0.2) is 48.5 Å². The number of benzene rings is 2. The molecule has 29 heavy (non-hydrogen) atoms. The van der Waals surface area contributed by atoms with Crippen LogP contribution in [0.1, 0.15) is 12.0 Å². The second-order valence-electron chi connectivity index (χ2n) is 7.59. The van der Waals surface area contributed by atoms with Crippen LogP contribution in [-0.4, -0.2) is 54.3 Å². The maximum atomic E-state index is 13.4. The molecule has 1 atom stereocenters. The van der Waals surface area contributed by atoms with E-state index in [0.29, 0.717) is 25.3 Å². The van der Waals surface area contributed by atoms with Gasteiger partial charge in [-0.2, -0.15) is 0 Å². The Morgan fingerprint density at radius 3 is 2.48 bits per heavy atom. The molecule has 0 saturated carbocycles. The third-order valence-corrected chi connectivity index (χ3v) is 5.91. The lowest BCUT2D eigenvalue weighted by molar-refractivity contribution is -0.137. The van der Waals surface area contributed by atoms with Gasteiger partial charge in [0.15, 0.2) is 0 Å². The van der Waals surface area contributed by atoms with Crippen LogP contribution in [0.3, 0.4) is 0 Å². The molecular weight excluding hydrogens is 393 g/mol. The van der Waals surface area contributed by atoms with Crippen molar-refractivity contribution in [3.63, 3.8) is 0 Å². The van der Waals surface area contributed by atoms with Gasteiger partial charge in [-0.1, -0.05) is 41.9 Å². The molecule has 0 unspecified atom stereocenters. The lowest BCUT2D eigenvalue weighted by Crippen LogP contribution is -2.50. The molecule has 7 heteroatoms. The van der Waals surface area contributed by atoms with E-state index < -0.39 is 5.82 Å². The van der Waals surface area contributed by atoms with Crippen LogP contribution >= 0.6 is 11.6 Å². The Morgan fingerprint density at radius 2 is 1.79 bits per heavy atom. The van der Waals surface area contributed by atoms with Crippen molar-refractivity contribution in [1.29, 1.82) is 0 Å². The Bertz CT molecular complexity index is 900. The molecule has 2 aromatic carbocycles. The summed E-state index contributed by atoms with van der Waals surface area (Å²) in [6, 6.07) is 14.5. The van der Waals surface area contributed by atoms with Gasteiger partial charge in [0, 0.05) is 51.4 Å². The highest BCUT2D eigenvalue weighted by Gasteiger charge is 2.38. The van der Waals surface area contributed by atoms with Crippen molar-refractivity contribution in [2.24, 2.45) is 5.92 Å². The van der Waals surface area contributed by atoms with E-state index in [1.165, 1.54) is 28.7 Å². The predicted octanol–water partition coefficient (Wildman–Crippen LogP) is 3.18. The summed E-state index contributed by atoms with van der Waals surface area (Å²) in [4.78, 5) is 31.1. The second kappa shape index (κ2) is 8.51. The Balaban J connectivity index is 1.33. The number of hydrogen-bond donors (Lipinski definition) is 0. The highest BCUT2D eigenvalue weighted by atomic mass is 35.5. The van der Waals surface area contributed by atoms with Gasteiger partial charge in [0.05, 0.1) is 10.9 Å². The van der Waals surface area contributed by atoms with Crippen LogP contribution in [0.4, 0.5) is 10.1 Å². The number of carbonyl (C=O) groups is 2. The molecule has 2 aliphatic rings. The van der Waals surface area contributed by atoms with Gasteiger partial charge in [0.2, 0.25) is 11.8 Å². The second-order valence-corrected chi connectivity index (χ2v) is 8.00. The standard InChI is InChI=1S/C22H23ClFN3O2/c23-19-13-18(6-7-20(19)24)27-15-17(12-21(27)28)22(29)26-10-8-25(9-11-26)14-16-4-2-1-3-5-16/h1-7,13,17H,8-12,14-15H2/t17-/m1/s1. The lowest BCUT2D eigenvalue weighted by atomic mass is 10.1. The van der Waals surface area contributed by atoms with E-state index in [1.54, 1.807) is 0 Å². The first-order valence-electron chi connectivity index (χ1n) is 9.82. The van der Waals surface area contributed by atoms with E-state index in [9.17, 15) is 14.0 Å². The van der Waals surface area contributed by atoms with Crippen LogP contribution in [-0.2, 0) is 16.1 Å². The summed E-state index contributed by atoms with van der Waals surface area (Å²) >= 11 is 5.84. The molecule has 2 saturated heterocycles. The summed E-state index contributed by atoms with van der Waals surface area (Å²) in [7, 11) is 0. The monoisotopic (exact) mass is 415 g/mol. The van der Waals surface area contributed by atoms with Gasteiger partial charge in [-0.15, -0.1) is 0 Å². The van der Waals surface area contributed by atoms with Gasteiger partial charge in [0.1, 0.15) is 5.82 Å². The minimum Gasteiger partial charge on any atom is -0.340 e. The van der Waals surface area contributed by atoms with E-state index in [0.717, 1.165) is 19.6 Å². The predicted molar refractivity (Wildman–Crippen MR) is 110 cm³/mol. The van der Waals surface area contributed by atoms with Crippen LogP contribution in [0.2, 0.25) is 5.02 Å². The van der Waals surface area contributed by atoms with Gasteiger partial charge in [-0.05, 0) is 23.8 Å². The van der Waals surface area contributed by atoms with Gasteiger partial charge in [-0.3, -0.25) is 14.5 Å². The van der Waals surface area contributed by atoms with E-state index in [2.05, 4.69) is 17.0 Å². The van der Waals surface area contributed by atoms with Crippen LogP contribution in [0.5, 0.6) is 0 Å². The van der Waals surface area contributed by atoms with E-state index in [-0.39, 0.29) is 29.2 Å². The molecule has 4 rings (SSSR count). The maximum Gasteiger partial charge on any atom is 0.228 e. The molecule has 5 nitrogen and oxygen atoms in total. The summed E-state index contributed by atoms with van der Waals surface area (Å²) in [5, 5.41) is -0.0281. The van der Waals surface area contributed by atoms with Crippen molar-refractivity contribution in [2.75, 3.05) is 37.6 Å². The van der Waals surface area contributed by atoms with Gasteiger partial charge >= 0.3 is 0 Å². The fraction of sp³-hybridized carbons (Fsp3) is 0.364. The first kappa shape index (κ1) is 19.9. The van der Waals surface area contributed by atoms with Crippen molar-refractivity contribution < 1.29 is 14.0 Å². The first-order chi connectivity index (χ1) is 14.0. The van der Waals surface area contributed by atoms with Crippen molar-refractivity contribution in [3.05, 3.63) is 64.9 Å². The Kier molecular flexibility index (Phi) is 5.83. The quantitative estimate of drug-likeness (QED) is 0.770. The van der Waals surface area contributed by atoms with Crippen molar-refractivity contribution >= 4 is 29.1 Å². The van der Waals surface area contributed by atoms with Crippen molar-refractivity contribution in [2.45, 2.75) is 13.0 Å². The number of nitrogens with zero attached hydrogens (tertiary/aromatic N) is 3. The molecular formula is C22H23ClFN3O2. The average molecular weight is 416 g/mol.